The van der Waals surface area contributed by atoms with Gasteiger partial charge < -0.3 is 15.0 Å². The van der Waals surface area contributed by atoms with Gasteiger partial charge in [-0.1, -0.05) is 86.5 Å². The van der Waals surface area contributed by atoms with Crippen molar-refractivity contribution in [3.05, 3.63) is 109 Å². The first kappa shape index (κ1) is 26.5. The van der Waals surface area contributed by atoms with E-state index in [0.29, 0.717) is 19.5 Å². The van der Waals surface area contributed by atoms with Gasteiger partial charge in [-0.25, -0.2) is 4.79 Å². The Labute approximate surface area is 204 Å². The highest BCUT2D eigenvalue weighted by molar-refractivity contribution is 5.68. The third kappa shape index (κ3) is 8.99. The lowest BCUT2D eigenvalue weighted by Gasteiger charge is -2.31. The van der Waals surface area contributed by atoms with Gasteiger partial charge in [0.1, 0.15) is 6.61 Å². The normalized spacial score (nSPS) is 14.7. The van der Waals surface area contributed by atoms with Gasteiger partial charge in [-0.3, -0.25) is 0 Å². The van der Waals surface area contributed by atoms with Gasteiger partial charge >= 0.3 is 6.09 Å². The standard InChI is InChI=1S/C29H35N3O2/c1-5-13-24(6-2)20-32(23(3)4)21-27(19-30)28(18-25-14-9-7-10-15-25)31-29(33)34-22-26-16-11-8-12-17-26/h5-7,9-11,13-17,27-28H,1-3,8,12,18,20-22H2,4H3,(H,31,33)/b24-13+. The second-order valence-electron chi connectivity index (χ2n) is 8.31. The highest BCUT2D eigenvalue weighted by atomic mass is 16.5. The van der Waals surface area contributed by atoms with E-state index in [9.17, 15) is 10.1 Å². The molecule has 0 fully saturated rings. The van der Waals surface area contributed by atoms with E-state index in [-0.39, 0.29) is 6.61 Å². The molecule has 1 aliphatic carbocycles. The Hall–Kier alpha value is -3.78. The first-order chi connectivity index (χ1) is 16.5. The zero-order chi connectivity index (χ0) is 24.8. The lowest BCUT2D eigenvalue weighted by atomic mass is 9.93. The molecule has 1 amide bonds. The Morgan fingerprint density at radius 2 is 2.06 bits per heavy atom. The van der Waals surface area contributed by atoms with Crippen LogP contribution in [0.4, 0.5) is 4.79 Å². The Balaban J connectivity index is 2.16. The second-order valence-corrected chi connectivity index (χ2v) is 8.31. The van der Waals surface area contributed by atoms with Crippen molar-refractivity contribution in [2.45, 2.75) is 32.2 Å². The molecule has 2 atom stereocenters. The maximum Gasteiger partial charge on any atom is 0.407 e. The van der Waals surface area contributed by atoms with Crippen molar-refractivity contribution in [1.29, 1.82) is 5.26 Å². The van der Waals surface area contributed by atoms with Crippen LogP contribution >= 0.6 is 0 Å². The maximum absolute atomic E-state index is 12.7. The molecule has 0 saturated carbocycles. The van der Waals surface area contributed by atoms with Crippen LogP contribution in [0.25, 0.3) is 0 Å². The van der Waals surface area contributed by atoms with Crippen LogP contribution in [0, 0.1) is 17.2 Å². The fraction of sp³-hybridized carbons (Fsp3) is 0.310. The van der Waals surface area contributed by atoms with E-state index < -0.39 is 18.1 Å². The third-order valence-corrected chi connectivity index (χ3v) is 5.62. The molecule has 1 aromatic carbocycles. The summed E-state index contributed by atoms with van der Waals surface area (Å²) in [5, 5.41) is 13.0. The quantitative estimate of drug-likeness (QED) is 0.376. The predicted molar refractivity (Wildman–Crippen MR) is 139 cm³/mol. The molecule has 0 aliphatic heterocycles. The van der Waals surface area contributed by atoms with Crippen LogP contribution in [0.5, 0.6) is 0 Å². The van der Waals surface area contributed by atoms with E-state index in [4.69, 9.17) is 4.74 Å². The lowest BCUT2D eigenvalue weighted by molar-refractivity contribution is 0.147. The molecule has 1 N–H and O–H groups in total. The summed E-state index contributed by atoms with van der Waals surface area (Å²) in [4.78, 5) is 14.7. The van der Waals surface area contributed by atoms with Crippen molar-refractivity contribution in [2.75, 3.05) is 19.7 Å². The summed E-state index contributed by atoms with van der Waals surface area (Å²) in [6, 6.07) is 11.8. The number of nitriles is 1. The minimum atomic E-state index is -0.527. The molecular formula is C29H35N3O2. The molecule has 1 aliphatic rings. The average molecular weight is 458 g/mol. The van der Waals surface area contributed by atoms with Gasteiger partial charge in [0, 0.05) is 18.8 Å². The molecule has 0 bridgehead atoms. The van der Waals surface area contributed by atoms with Crippen LogP contribution in [0.15, 0.2) is 103 Å². The maximum atomic E-state index is 12.7. The van der Waals surface area contributed by atoms with Gasteiger partial charge in [0.25, 0.3) is 0 Å². The molecular weight excluding hydrogens is 422 g/mol. The van der Waals surface area contributed by atoms with Crippen LogP contribution in [0.3, 0.4) is 0 Å². The molecule has 0 heterocycles. The second kappa shape index (κ2) is 14.4. The molecule has 1 aromatic rings. The summed E-state index contributed by atoms with van der Waals surface area (Å²) in [7, 11) is 0. The number of ether oxygens (including phenoxy) is 1. The number of rotatable bonds is 13. The monoisotopic (exact) mass is 457 g/mol. The summed E-state index contributed by atoms with van der Waals surface area (Å²) >= 11 is 0. The summed E-state index contributed by atoms with van der Waals surface area (Å²) < 4.78 is 5.47. The molecule has 178 valence electrons. The molecule has 0 spiro atoms. The molecule has 2 rings (SSSR count). The highest BCUT2D eigenvalue weighted by Gasteiger charge is 2.27. The number of allylic oxidation sites excluding steroid dienone is 5. The molecule has 0 radical (unpaired) electrons. The van der Waals surface area contributed by atoms with Crippen molar-refractivity contribution in [2.24, 2.45) is 5.92 Å². The van der Waals surface area contributed by atoms with Gasteiger partial charge in [-0.15, -0.1) is 0 Å². The van der Waals surface area contributed by atoms with Crippen LogP contribution in [-0.2, 0) is 11.2 Å². The molecule has 0 aromatic heterocycles. The Bertz CT molecular complexity index is 982. The number of nitrogens with one attached hydrogen (secondary N) is 1. The van der Waals surface area contributed by atoms with Gasteiger partial charge in [0.15, 0.2) is 0 Å². The zero-order valence-electron chi connectivity index (χ0n) is 20.1. The average Bonchev–Trinajstić information content (AvgIpc) is 2.85. The zero-order valence-corrected chi connectivity index (χ0v) is 20.1. The van der Waals surface area contributed by atoms with Gasteiger partial charge in [0.05, 0.1) is 18.0 Å². The van der Waals surface area contributed by atoms with E-state index in [2.05, 4.69) is 43.3 Å². The van der Waals surface area contributed by atoms with Gasteiger partial charge in [0.2, 0.25) is 0 Å². The van der Waals surface area contributed by atoms with E-state index in [1.165, 1.54) is 0 Å². The first-order valence-corrected chi connectivity index (χ1v) is 11.5. The Morgan fingerprint density at radius 1 is 1.29 bits per heavy atom. The number of hydrogen-bond acceptors (Lipinski definition) is 4. The van der Waals surface area contributed by atoms with E-state index in [1.807, 2.05) is 54.3 Å². The number of carbonyl (C=O) groups is 1. The van der Waals surface area contributed by atoms with Crippen LogP contribution in [-0.4, -0.2) is 36.7 Å². The van der Waals surface area contributed by atoms with Gasteiger partial charge in [-0.05, 0) is 42.9 Å². The predicted octanol–water partition coefficient (Wildman–Crippen LogP) is 5.87. The minimum absolute atomic E-state index is 0.213. The summed E-state index contributed by atoms with van der Waals surface area (Å²) in [5.74, 6) is -0.493. The third-order valence-electron chi connectivity index (χ3n) is 5.62. The topological polar surface area (TPSA) is 65.4 Å². The SMILES string of the molecule is C=C/C=C(\C=C)CN(CC(C#N)C(Cc1ccccc1)NC(=O)OCC1=CCCC=C1)C(=C)C. The van der Waals surface area contributed by atoms with Crippen molar-refractivity contribution >= 4 is 6.09 Å². The molecule has 2 unspecified atom stereocenters. The Morgan fingerprint density at radius 3 is 2.65 bits per heavy atom. The number of nitrogens with zero attached hydrogens (tertiary/aromatic N) is 2. The fourth-order valence-corrected chi connectivity index (χ4v) is 3.69. The Kier molecular flexibility index (Phi) is 11.2. The summed E-state index contributed by atoms with van der Waals surface area (Å²) in [6.07, 6.45) is 13.4. The summed E-state index contributed by atoms with van der Waals surface area (Å²) in [5.41, 5.74) is 3.81. The minimum Gasteiger partial charge on any atom is -0.445 e. The number of alkyl carbamates (subject to hydrolysis) is 1. The van der Waals surface area contributed by atoms with Crippen LogP contribution < -0.4 is 5.32 Å². The lowest BCUT2D eigenvalue weighted by Crippen LogP contribution is -2.46. The number of amides is 1. The van der Waals surface area contributed by atoms with Crippen molar-refractivity contribution in [3.63, 3.8) is 0 Å². The largest absolute Gasteiger partial charge is 0.445 e. The first-order valence-electron chi connectivity index (χ1n) is 11.5. The summed E-state index contributed by atoms with van der Waals surface area (Å²) in [6.45, 7) is 14.8. The smallest absolute Gasteiger partial charge is 0.407 e. The van der Waals surface area contributed by atoms with Crippen LogP contribution in [0.1, 0.15) is 25.3 Å². The number of benzene rings is 1. The molecule has 5 nitrogen and oxygen atoms in total. The molecule has 0 saturated heterocycles. The number of hydrogen-bond donors (Lipinski definition) is 1. The van der Waals surface area contributed by atoms with E-state index in [1.54, 1.807) is 12.2 Å². The van der Waals surface area contributed by atoms with Gasteiger partial charge in [-0.2, -0.15) is 5.26 Å². The molecule has 34 heavy (non-hydrogen) atoms. The van der Waals surface area contributed by atoms with Crippen molar-refractivity contribution < 1.29 is 9.53 Å². The molecule has 5 heteroatoms. The van der Waals surface area contributed by atoms with E-state index >= 15 is 0 Å². The number of carbonyl (C=O) groups excluding carboxylic acids is 1. The van der Waals surface area contributed by atoms with Crippen molar-refractivity contribution in [3.8, 4) is 6.07 Å². The highest BCUT2D eigenvalue weighted by Crippen LogP contribution is 2.17. The van der Waals surface area contributed by atoms with E-state index in [0.717, 1.165) is 35.2 Å². The fourth-order valence-electron chi connectivity index (χ4n) is 3.69. The van der Waals surface area contributed by atoms with Crippen molar-refractivity contribution in [1.82, 2.24) is 10.2 Å². The van der Waals surface area contributed by atoms with Crippen LogP contribution in [0.2, 0.25) is 0 Å².